The molecule has 1 unspecified atom stereocenters. The molecule has 1 amide bonds. The number of hydrogen-bond acceptors (Lipinski definition) is 5. The second-order valence-electron chi connectivity index (χ2n) is 7.71. The number of anilines is 2. The van der Waals surface area contributed by atoms with Crippen molar-refractivity contribution in [3.63, 3.8) is 0 Å². The Morgan fingerprint density at radius 3 is 2.57 bits per heavy atom. The standard InChI is InChI=1S/C22H29N3O4S/c1-16-10-12-25(15-16)19-7-5-18(6-8-19)24-22(26)21-14-20(9-4-17(21)2)30(27,28)23-11-13-29-3/h4-9,14,16,23H,10-13,15H2,1-3H3,(H,24,26). The van der Waals surface area contributed by atoms with Crippen LogP contribution in [0.4, 0.5) is 11.4 Å². The SMILES string of the molecule is COCCNS(=O)(=O)c1ccc(C)c(C(=O)Nc2ccc(N3CCC(C)C3)cc2)c1. The van der Waals surface area contributed by atoms with Crippen LogP contribution in [0.15, 0.2) is 47.4 Å². The maximum atomic E-state index is 12.8. The number of amides is 1. The minimum Gasteiger partial charge on any atom is -0.383 e. The highest BCUT2D eigenvalue weighted by Gasteiger charge is 2.20. The molecule has 0 spiro atoms. The quantitative estimate of drug-likeness (QED) is 0.628. The Morgan fingerprint density at radius 1 is 1.20 bits per heavy atom. The van der Waals surface area contributed by atoms with Crippen LogP contribution in [0.1, 0.15) is 29.3 Å². The number of ether oxygens (including phenoxy) is 1. The van der Waals surface area contributed by atoms with Gasteiger partial charge in [0.1, 0.15) is 0 Å². The summed E-state index contributed by atoms with van der Waals surface area (Å²) < 4.78 is 32.2. The lowest BCUT2D eigenvalue weighted by Crippen LogP contribution is -2.27. The van der Waals surface area contributed by atoms with E-state index in [0.717, 1.165) is 18.8 Å². The van der Waals surface area contributed by atoms with E-state index in [4.69, 9.17) is 4.74 Å². The third-order valence-corrected chi connectivity index (χ3v) is 6.74. The molecule has 1 fully saturated rings. The van der Waals surface area contributed by atoms with Gasteiger partial charge in [-0.05, 0) is 61.2 Å². The zero-order valence-electron chi connectivity index (χ0n) is 17.6. The molecule has 30 heavy (non-hydrogen) atoms. The third kappa shape index (κ3) is 5.38. The van der Waals surface area contributed by atoms with E-state index in [-0.39, 0.29) is 24.0 Å². The summed E-state index contributed by atoms with van der Waals surface area (Å²) in [7, 11) is -2.21. The van der Waals surface area contributed by atoms with Gasteiger partial charge in [0.05, 0.1) is 11.5 Å². The number of methoxy groups -OCH3 is 1. The molecular weight excluding hydrogens is 402 g/mol. The molecule has 1 heterocycles. The number of carbonyl (C=O) groups is 1. The van der Waals surface area contributed by atoms with E-state index in [1.165, 1.54) is 25.7 Å². The molecule has 0 saturated carbocycles. The summed E-state index contributed by atoms with van der Waals surface area (Å²) >= 11 is 0. The highest BCUT2D eigenvalue weighted by molar-refractivity contribution is 7.89. The molecule has 1 aliphatic rings. The number of nitrogens with one attached hydrogen (secondary N) is 2. The lowest BCUT2D eigenvalue weighted by atomic mass is 10.1. The van der Waals surface area contributed by atoms with Gasteiger partial charge in [0.25, 0.3) is 5.91 Å². The number of benzene rings is 2. The predicted octanol–water partition coefficient (Wildman–Crippen LogP) is 3.02. The molecule has 7 nitrogen and oxygen atoms in total. The van der Waals surface area contributed by atoms with Crippen molar-refractivity contribution in [3.05, 3.63) is 53.6 Å². The molecule has 2 N–H and O–H groups in total. The smallest absolute Gasteiger partial charge is 0.255 e. The van der Waals surface area contributed by atoms with Crippen molar-refractivity contribution in [2.45, 2.75) is 25.2 Å². The summed E-state index contributed by atoms with van der Waals surface area (Å²) in [6, 6.07) is 12.3. The zero-order valence-corrected chi connectivity index (χ0v) is 18.5. The number of rotatable bonds is 8. The van der Waals surface area contributed by atoms with Crippen LogP contribution in [0.5, 0.6) is 0 Å². The monoisotopic (exact) mass is 431 g/mol. The van der Waals surface area contributed by atoms with Crippen LogP contribution < -0.4 is 14.9 Å². The van der Waals surface area contributed by atoms with Gasteiger partial charge in [0.2, 0.25) is 10.0 Å². The molecule has 1 saturated heterocycles. The van der Waals surface area contributed by atoms with E-state index in [2.05, 4.69) is 21.9 Å². The topological polar surface area (TPSA) is 87.7 Å². The summed E-state index contributed by atoms with van der Waals surface area (Å²) in [5, 5.41) is 2.86. The number of hydrogen-bond donors (Lipinski definition) is 2. The number of aryl methyl sites for hydroxylation is 1. The molecule has 0 aliphatic carbocycles. The molecule has 0 radical (unpaired) electrons. The molecule has 0 aromatic heterocycles. The normalized spacial score (nSPS) is 16.6. The summed E-state index contributed by atoms with van der Waals surface area (Å²) in [6.45, 7) is 6.55. The number of nitrogens with zero attached hydrogens (tertiary/aromatic N) is 1. The first kappa shape index (κ1) is 22.3. The maximum absolute atomic E-state index is 12.8. The fourth-order valence-electron chi connectivity index (χ4n) is 3.50. The Kier molecular flexibility index (Phi) is 7.12. The molecule has 2 aromatic carbocycles. The molecule has 1 aliphatic heterocycles. The molecule has 162 valence electrons. The molecule has 3 rings (SSSR count). The minimum absolute atomic E-state index is 0.0489. The fourth-order valence-corrected chi connectivity index (χ4v) is 4.54. The van der Waals surface area contributed by atoms with Crippen molar-refractivity contribution in [1.82, 2.24) is 4.72 Å². The van der Waals surface area contributed by atoms with E-state index in [0.29, 0.717) is 22.7 Å². The van der Waals surface area contributed by atoms with Crippen LogP contribution in [-0.2, 0) is 14.8 Å². The third-order valence-electron chi connectivity index (χ3n) is 5.28. The lowest BCUT2D eigenvalue weighted by molar-refractivity contribution is 0.102. The van der Waals surface area contributed by atoms with E-state index in [1.807, 2.05) is 24.3 Å². The van der Waals surface area contributed by atoms with Gasteiger partial charge in [-0.3, -0.25) is 4.79 Å². The predicted molar refractivity (Wildman–Crippen MR) is 119 cm³/mol. The summed E-state index contributed by atoms with van der Waals surface area (Å²) in [4.78, 5) is 15.2. The van der Waals surface area contributed by atoms with Gasteiger partial charge in [-0.15, -0.1) is 0 Å². The van der Waals surface area contributed by atoms with E-state index in [9.17, 15) is 13.2 Å². The Balaban J connectivity index is 1.72. The van der Waals surface area contributed by atoms with Crippen molar-refractivity contribution >= 4 is 27.3 Å². The van der Waals surface area contributed by atoms with Gasteiger partial charge in [-0.25, -0.2) is 13.1 Å². The van der Waals surface area contributed by atoms with Crippen LogP contribution in [0.25, 0.3) is 0 Å². The van der Waals surface area contributed by atoms with Crippen LogP contribution in [0, 0.1) is 12.8 Å². The largest absolute Gasteiger partial charge is 0.383 e. The average molecular weight is 432 g/mol. The van der Waals surface area contributed by atoms with Crippen molar-refractivity contribution in [3.8, 4) is 0 Å². The highest BCUT2D eigenvalue weighted by atomic mass is 32.2. The molecular formula is C22H29N3O4S. The Morgan fingerprint density at radius 2 is 1.93 bits per heavy atom. The Hall–Kier alpha value is -2.42. The van der Waals surface area contributed by atoms with Gasteiger partial charge < -0.3 is 15.0 Å². The highest BCUT2D eigenvalue weighted by Crippen LogP contribution is 2.25. The van der Waals surface area contributed by atoms with E-state index in [1.54, 1.807) is 13.0 Å². The first-order valence-corrected chi connectivity index (χ1v) is 11.5. The van der Waals surface area contributed by atoms with Gasteiger partial charge in [-0.1, -0.05) is 13.0 Å². The Labute approximate surface area is 178 Å². The average Bonchev–Trinajstić information content (AvgIpc) is 3.15. The van der Waals surface area contributed by atoms with Crippen molar-refractivity contribution in [1.29, 1.82) is 0 Å². The van der Waals surface area contributed by atoms with Crippen molar-refractivity contribution in [2.24, 2.45) is 5.92 Å². The van der Waals surface area contributed by atoms with Crippen molar-refractivity contribution in [2.75, 3.05) is 43.6 Å². The van der Waals surface area contributed by atoms with Crippen LogP contribution in [0.2, 0.25) is 0 Å². The second kappa shape index (κ2) is 9.59. The van der Waals surface area contributed by atoms with Gasteiger partial charge in [-0.2, -0.15) is 0 Å². The maximum Gasteiger partial charge on any atom is 0.255 e. The first-order chi connectivity index (χ1) is 14.3. The second-order valence-corrected chi connectivity index (χ2v) is 9.48. The molecule has 2 aromatic rings. The summed E-state index contributed by atoms with van der Waals surface area (Å²) in [6.07, 6.45) is 1.19. The number of sulfonamides is 1. The zero-order chi connectivity index (χ0) is 21.7. The van der Waals surface area contributed by atoms with Crippen LogP contribution >= 0.6 is 0 Å². The van der Waals surface area contributed by atoms with Crippen molar-refractivity contribution < 1.29 is 17.9 Å². The summed E-state index contributed by atoms with van der Waals surface area (Å²) in [5.41, 5.74) is 2.83. The fraction of sp³-hybridized carbons (Fsp3) is 0.409. The molecule has 0 bridgehead atoms. The van der Waals surface area contributed by atoms with Crippen LogP contribution in [-0.4, -0.2) is 47.7 Å². The summed E-state index contributed by atoms with van der Waals surface area (Å²) in [5.74, 6) is 0.351. The lowest BCUT2D eigenvalue weighted by Gasteiger charge is -2.18. The first-order valence-electron chi connectivity index (χ1n) is 10.1. The minimum atomic E-state index is -3.71. The molecule has 1 atom stereocenters. The van der Waals surface area contributed by atoms with E-state index < -0.39 is 10.0 Å². The molecule has 8 heteroatoms. The van der Waals surface area contributed by atoms with Gasteiger partial charge >= 0.3 is 0 Å². The number of carbonyl (C=O) groups excluding carboxylic acids is 1. The van der Waals surface area contributed by atoms with E-state index >= 15 is 0 Å². The Bertz CT molecular complexity index is 990. The van der Waals surface area contributed by atoms with Gasteiger partial charge in [0.15, 0.2) is 0 Å². The van der Waals surface area contributed by atoms with Crippen LogP contribution in [0.3, 0.4) is 0 Å². The van der Waals surface area contributed by atoms with Gasteiger partial charge in [0, 0.05) is 43.7 Å².